The lowest BCUT2D eigenvalue weighted by Gasteiger charge is -2.16. The second-order valence-electron chi connectivity index (χ2n) is 6.66. The Morgan fingerprint density at radius 2 is 1.85 bits per heavy atom. The van der Waals surface area contributed by atoms with Crippen LogP contribution in [-0.4, -0.2) is 17.1 Å². The van der Waals surface area contributed by atoms with Gasteiger partial charge in [0.25, 0.3) is 0 Å². The van der Waals surface area contributed by atoms with Crippen molar-refractivity contribution in [3.63, 3.8) is 0 Å². The Balaban J connectivity index is 2.19. The lowest BCUT2D eigenvalue weighted by molar-refractivity contribution is -0.136. The van der Waals surface area contributed by atoms with E-state index in [9.17, 15) is 9.18 Å². The van der Waals surface area contributed by atoms with Crippen LogP contribution in [-0.2, 0) is 17.8 Å². The molecule has 0 aliphatic rings. The summed E-state index contributed by atoms with van der Waals surface area (Å²) < 4.78 is 20.4. The number of carboxylic acids is 1. The third kappa shape index (κ3) is 6.01. The number of ether oxygens (including phenoxy) is 1. The summed E-state index contributed by atoms with van der Waals surface area (Å²) in [6.07, 6.45) is 0.290. The Kier molecular flexibility index (Phi) is 7.33. The van der Waals surface area contributed by atoms with Crippen molar-refractivity contribution in [2.45, 2.75) is 46.3 Å². The average Bonchev–Trinajstić information content (AvgIpc) is 2.55. The predicted octanol–water partition coefficient (Wildman–Crippen LogP) is 5.86. The van der Waals surface area contributed by atoms with Gasteiger partial charge in [0.05, 0.1) is 15.7 Å². The maximum atomic E-state index is 14.7. The van der Waals surface area contributed by atoms with Crippen LogP contribution >= 0.6 is 23.2 Å². The minimum absolute atomic E-state index is 0.0208. The van der Waals surface area contributed by atoms with Gasteiger partial charge < -0.3 is 15.2 Å². The van der Waals surface area contributed by atoms with Crippen LogP contribution in [0, 0.1) is 12.7 Å². The minimum Gasteiger partial charge on any atom is -0.486 e. The average molecular weight is 414 g/mol. The molecule has 4 nitrogen and oxygen atoms in total. The molecule has 0 heterocycles. The molecular formula is C20H22Cl2FNO3. The fraction of sp³-hybridized carbons (Fsp3) is 0.350. The topological polar surface area (TPSA) is 58.6 Å². The largest absolute Gasteiger partial charge is 0.486 e. The number of carboxylic acid groups (broad SMARTS) is 1. The van der Waals surface area contributed by atoms with Crippen molar-refractivity contribution < 1.29 is 19.0 Å². The van der Waals surface area contributed by atoms with Gasteiger partial charge in [0.1, 0.15) is 6.61 Å². The number of hydrogen-bond acceptors (Lipinski definition) is 3. The first-order valence-corrected chi connectivity index (χ1v) is 9.31. The second kappa shape index (κ2) is 9.29. The SMILES string of the molecule is Cc1cc(COc2c(Cl)cc(CCC(=O)O)cc2Cl)c(F)c(NC(C)C)c1. The van der Waals surface area contributed by atoms with Gasteiger partial charge in [0.15, 0.2) is 11.6 Å². The quantitative estimate of drug-likeness (QED) is 0.568. The summed E-state index contributed by atoms with van der Waals surface area (Å²) in [5, 5.41) is 12.4. The van der Waals surface area contributed by atoms with E-state index < -0.39 is 5.97 Å². The first-order valence-electron chi connectivity index (χ1n) is 8.55. The highest BCUT2D eigenvalue weighted by molar-refractivity contribution is 6.37. The predicted molar refractivity (Wildman–Crippen MR) is 107 cm³/mol. The Bertz CT molecular complexity index is 817. The summed E-state index contributed by atoms with van der Waals surface area (Å²) in [6, 6.07) is 6.78. The van der Waals surface area contributed by atoms with Gasteiger partial charge in [-0.3, -0.25) is 4.79 Å². The molecule has 27 heavy (non-hydrogen) atoms. The van der Waals surface area contributed by atoms with Crippen LogP contribution in [0.5, 0.6) is 5.75 Å². The van der Waals surface area contributed by atoms with E-state index >= 15 is 0 Å². The third-order valence-electron chi connectivity index (χ3n) is 3.79. The van der Waals surface area contributed by atoms with Crippen molar-refractivity contribution in [1.82, 2.24) is 0 Å². The zero-order chi connectivity index (χ0) is 20.1. The molecule has 0 spiro atoms. The first-order chi connectivity index (χ1) is 12.7. The zero-order valence-electron chi connectivity index (χ0n) is 15.4. The van der Waals surface area contributed by atoms with E-state index in [1.807, 2.05) is 20.8 Å². The van der Waals surface area contributed by atoms with E-state index in [2.05, 4.69) is 5.32 Å². The second-order valence-corrected chi connectivity index (χ2v) is 7.47. The Hall–Kier alpha value is -1.98. The maximum Gasteiger partial charge on any atom is 0.303 e. The number of benzene rings is 2. The fourth-order valence-electron chi connectivity index (χ4n) is 2.66. The molecule has 2 aromatic carbocycles. The smallest absolute Gasteiger partial charge is 0.303 e. The van der Waals surface area contributed by atoms with Gasteiger partial charge in [-0.15, -0.1) is 0 Å². The summed E-state index contributed by atoms with van der Waals surface area (Å²) in [5.74, 6) is -1.03. The van der Waals surface area contributed by atoms with Gasteiger partial charge in [0, 0.05) is 18.0 Å². The molecule has 7 heteroatoms. The molecule has 0 saturated carbocycles. The van der Waals surface area contributed by atoms with Gasteiger partial charge in [0.2, 0.25) is 0 Å². The van der Waals surface area contributed by atoms with Crippen molar-refractivity contribution in [2.24, 2.45) is 0 Å². The van der Waals surface area contributed by atoms with Crippen molar-refractivity contribution in [3.05, 3.63) is 56.8 Å². The van der Waals surface area contributed by atoms with E-state index in [0.29, 0.717) is 23.2 Å². The van der Waals surface area contributed by atoms with Gasteiger partial charge in [-0.05, 0) is 62.6 Å². The summed E-state index contributed by atoms with van der Waals surface area (Å²) in [4.78, 5) is 10.7. The number of hydrogen-bond donors (Lipinski definition) is 2. The van der Waals surface area contributed by atoms with E-state index in [-0.39, 0.29) is 40.7 Å². The van der Waals surface area contributed by atoms with E-state index in [1.54, 1.807) is 24.3 Å². The van der Waals surface area contributed by atoms with E-state index in [1.165, 1.54) is 0 Å². The summed E-state index contributed by atoms with van der Waals surface area (Å²) >= 11 is 12.4. The molecule has 0 atom stereocenters. The molecule has 0 aliphatic heterocycles. The van der Waals surface area contributed by atoms with Crippen molar-refractivity contribution in [2.75, 3.05) is 5.32 Å². The van der Waals surface area contributed by atoms with E-state index in [4.69, 9.17) is 33.0 Å². The van der Waals surface area contributed by atoms with Crippen LogP contribution in [0.1, 0.15) is 37.0 Å². The molecule has 2 aromatic rings. The maximum absolute atomic E-state index is 14.7. The third-order valence-corrected chi connectivity index (χ3v) is 4.36. The summed E-state index contributed by atoms with van der Waals surface area (Å²) in [5.41, 5.74) is 2.41. The van der Waals surface area contributed by atoms with Crippen LogP contribution in [0.3, 0.4) is 0 Å². The molecule has 146 valence electrons. The number of carbonyl (C=O) groups is 1. The molecule has 0 amide bonds. The number of aryl methyl sites for hydroxylation is 2. The molecule has 0 fully saturated rings. The molecule has 2 N–H and O–H groups in total. The van der Waals surface area contributed by atoms with Crippen LogP contribution in [0.4, 0.5) is 10.1 Å². The number of rotatable bonds is 8. The summed E-state index contributed by atoms with van der Waals surface area (Å²) in [7, 11) is 0. The molecule has 0 unspecified atom stereocenters. The summed E-state index contributed by atoms with van der Waals surface area (Å²) in [6.45, 7) is 5.71. The van der Waals surface area contributed by atoms with Gasteiger partial charge in [-0.2, -0.15) is 0 Å². The van der Waals surface area contributed by atoms with Crippen LogP contribution in [0.2, 0.25) is 10.0 Å². The zero-order valence-corrected chi connectivity index (χ0v) is 16.9. The standard InChI is InChI=1S/C20H22Cl2FNO3/c1-11(2)24-17-7-12(3)6-14(19(17)23)10-27-20-15(21)8-13(9-16(20)22)4-5-18(25)26/h6-9,11,24H,4-5,10H2,1-3H3,(H,25,26). The molecule has 0 saturated heterocycles. The molecule has 0 bridgehead atoms. The number of halogens is 3. The van der Waals surface area contributed by atoms with Crippen LogP contribution < -0.4 is 10.1 Å². The van der Waals surface area contributed by atoms with Gasteiger partial charge in [-0.1, -0.05) is 23.2 Å². The number of anilines is 1. The minimum atomic E-state index is -0.900. The monoisotopic (exact) mass is 413 g/mol. The molecule has 2 rings (SSSR count). The molecule has 0 aromatic heterocycles. The van der Waals surface area contributed by atoms with Crippen LogP contribution in [0.15, 0.2) is 24.3 Å². The molecule has 0 aliphatic carbocycles. The van der Waals surface area contributed by atoms with Crippen molar-refractivity contribution in [1.29, 1.82) is 0 Å². The van der Waals surface area contributed by atoms with Gasteiger partial charge >= 0.3 is 5.97 Å². The Labute approximate surface area is 168 Å². The molecule has 0 radical (unpaired) electrons. The normalized spacial score (nSPS) is 10.9. The lowest BCUT2D eigenvalue weighted by Crippen LogP contribution is -2.13. The highest BCUT2D eigenvalue weighted by Crippen LogP contribution is 2.35. The highest BCUT2D eigenvalue weighted by Gasteiger charge is 2.15. The van der Waals surface area contributed by atoms with Crippen molar-refractivity contribution >= 4 is 34.9 Å². The highest BCUT2D eigenvalue weighted by atomic mass is 35.5. The first kappa shape index (κ1) is 21.3. The number of aliphatic carboxylic acids is 1. The number of nitrogens with one attached hydrogen (secondary N) is 1. The lowest BCUT2D eigenvalue weighted by atomic mass is 10.1. The fourth-order valence-corrected chi connectivity index (χ4v) is 3.30. The van der Waals surface area contributed by atoms with Crippen LogP contribution in [0.25, 0.3) is 0 Å². The Morgan fingerprint density at radius 1 is 1.22 bits per heavy atom. The Morgan fingerprint density at radius 3 is 2.41 bits per heavy atom. The van der Waals surface area contributed by atoms with Gasteiger partial charge in [-0.25, -0.2) is 4.39 Å². The molecular weight excluding hydrogens is 392 g/mol. The van der Waals surface area contributed by atoms with E-state index in [0.717, 1.165) is 5.56 Å². The van der Waals surface area contributed by atoms with Crippen molar-refractivity contribution in [3.8, 4) is 5.75 Å².